The molecule has 0 spiro atoms. The number of nitrogens with zero attached hydrogens (tertiary/aromatic N) is 1. The predicted octanol–water partition coefficient (Wildman–Crippen LogP) is 5.90. The first kappa shape index (κ1) is 21.5. The maximum absolute atomic E-state index is 13.4. The summed E-state index contributed by atoms with van der Waals surface area (Å²) in [5.41, 5.74) is 3.79. The van der Waals surface area contributed by atoms with Crippen LogP contribution in [0.15, 0.2) is 22.7 Å². The van der Waals surface area contributed by atoms with Gasteiger partial charge in [0.2, 0.25) is 0 Å². The van der Waals surface area contributed by atoms with E-state index in [9.17, 15) is 4.79 Å². The van der Waals surface area contributed by atoms with Crippen LogP contribution < -0.4 is 10.1 Å². The van der Waals surface area contributed by atoms with Gasteiger partial charge in [0, 0.05) is 6.04 Å². The van der Waals surface area contributed by atoms with E-state index in [2.05, 4.69) is 37.3 Å². The van der Waals surface area contributed by atoms with Crippen LogP contribution in [0.2, 0.25) is 0 Å². The molecule has 1 aromatic carbocycles. The van der Waals surface area contributed by atoms with Gasteiger partial charge in [-0.2, -0.15) is 0 Å². The molecule has 1 N–H and O–H groups in total. The van der Waals surface area contributed by atoms with Crippen LogP contribution in [-0.4, -0.2) is 17.1 Å². The van der Waals surface area contributed by atoms with Crippen molar-refractivity contribution >= 4 is 5.91 Å². The lowest BCUT2D eigenvalue weighted by Gasteiger charge is -2.59. The van der Waals surface area contributed by atoms with Crippen LogP contribution in [0.1, 0.15) is 84.8 Å². The molecule has 0 aliphatic heterocycles. The number of aryl methyl sites for hydroxylation is 3. The molecule has 0 saturated heterocycles. The van der Waals surface area contributed by atoms with Crippen molar-refractivity contribution in [3.8, 4) is 5.75 Å². The van der Waals surface area contributed by atoms with Crippen LogP contribution in [0.3, 0.4) is 0 Å². The standard InChI is InChI=1S/C27H36N2O3/c1-5-24(27-12-19-9-20(13-27)11-21(10-19)14-27)28-26(30)25-23(18(4)32-29-25)15-31-22-7-6-16(2)17(3)8-22/h6-8,19-21,24H,5,9-15H2,1-4H3,(H,28,30). The number of carbonyl (C=O) groups excluding carboxylic acids is 1. The van der Waals surface area contributed by atoms with Gasteiger partial charge in [0.25, 0.3) is 5.91 Å². The van der Waals surface area contributed by atoms with Crippen molar-refractivity contribution < 1.29 is 14.1 Å². The van der Waals surface area contributed by atoms with Crippen molar-refractivity contribution in [2.75, 3.05) is 0 Å². The zero-order valence-electron chi connectivity index (χ0n) is 19.9. The van der Waals surface area contributed by atoms with E-state index in [4.69, 9.17) is 9.26 Å². The Balaban J connectivity index is 1.31. The molecule has 1 unspecified atom stereocenters. The lowest BCUT2D eigenvalue weighted by molar-refractivity contribution is -0.0727. The highest BCUT2D eigenvalue weighted by Crippen LogP contribution is 2.61. The normalized spacial score (nSPS) is 29.2. The first-order chi connectivity index (χ1) is 15.4. The second-order valence-electron chi connectivity index (χ2n) is 10.8. The molecule has 1 aromatic heterocycles. The lowest BCUT2D eigenvalue weighted by atomic mass is 9.47. The maximum atomic E-state index is 13.4. The van der Waals surface area contributed by atoms with Gasteiger partial charge in [-0.25, -0.2) is 0 Å². The Morgan fingerprint density at radius 1 is 1.12 bits per heavy atom. The third kappa shape index (κ3) is 3.84. The first-order valence-electron chi connectivity index (χ1n) is 12.3. The number of hydrogen-bond acceptors (Lipinski definition) is 4. The second-order valence-corrected chi connectivity index (χ2v) is 10.8. The Labute approximate surface area is 191 Å². The third-order valence-corrected chi connectivity index (χ3v) is 8.60. The molecule has 4 bridgehead atoms. The van der Waals surface area contributed by atoms with Crippen molar-refractivity contribution in [1.29, 1.82) is 0 Å². The fourth-order valence-electron chi connectivity index (χ4n) is 7.22. The average Bonchev–Trinajstić information content (AvgIpc) is 3.12. The zero-order valence-corrected chi connectivity index (χ0v) is 19.9. The van der Waals surface area contributed by atoms with Gasteiger partial charge in [-0.3, -0.25) is 4.79 Å². The van der Waals surface area contributed by atoms with Gasteiger partial charge in [0.15, 0.2) is 5.69 Å². The van der Waals surface area contributed by atoms with Gasteiger partial charge in [0.1, 0.15) is 18.1 Å². The molecular weight excluding hydrogens is 400 g/mol. The van der Waals surface area contributed by atoms with Crippen LogP contribution in [-0.2, 0) is 6.61 Å². The van der Waals surface area contributed by atoms with E-state index >= 15 is 0 Å². The van der Waals surface area contributed by atoms with Crippen LogP contribution in [0.5, 0.6) is 5.75 Å². The summed E-state index contributed by atoms with van der Waals surface area (Å²) in [5, 5.41) is 7.52. The van der Waals surface area contributed by atoms with E-state index in [0.29, 0.717) is 11.5 Å². The topological polar surface area (TPSA) is 64.4 Å². The minimum absolute atomic E-state index is 0.122. The fourth-order valence-corrected chi connectivity index (χ4v) is 7.22. The molecule has 4 saturated carbocycles. The van der Waals surface area contributed by atoms with Crippen LogP contribution in [0.25, 0.3) is 0 Å². The number of aromatic nitrogens is 1. The number of amides is 1. The number of benzene rings is 1. The van der Waals surface area contributed by atoms with E-state index in [1.807, 2.05) is 19.1 Å². The van der Waals surface area contributed by atoms with Crippen LogP contribution in [0, 0.1) is 43.9 Å². The summed E-state index contributed by atoms with van der Waals surface area (Å²) in [7, 11) is 0. The molecule has 6 rings (SSSR count). The molecule has 4 fully saturated rings. The summed E-state index contributed by atoms with van der Waals surface area (Å²) in [6, 6.07) is 6.24. The maximum Gasteiger partial charge on any atom is 0.274 e. The number of rotatable bonds is 7. The van der Waals surface area contributed by atoms with E-state index in [1.165, 1.54) is 49.7 Å². The largest absolute Gasteiger partial charge is 0.489 e. The Hall–Kier alpha value is -2.30. The number of ether oxygens (including phenoxy) is 1. The highest BCUT2D eigenvalue weighted by Gasteiger charge is 2.54. The number of carbonyl (C=O) groups is 1. The van der Waals surface area contributed by atoms with Crippen molar-refractivity contribution in [2.45, 2.75) is 85.3 Å². The highest BCUT2D eigenvalue weighted by molar-refractivity contribution is 5.94. The van der Waals surface area contributed by atoms with Crippen molar-refractivity contribution in [3.63, 3.8) is 0 Å². The van der Waals surface area contributed by atoms with E-state index < -0.39 is 0 Å². The van der Waals surface area contributed by atoms with Crippen molar-refractivity contribution in [1.82, 2.24) is 10.5 Å². The minimum atomic E-state index is -0.122. The predicted molar refractivity (Wildman–Crippen MR) is 124 cm³/mol. The molecule has 5 nitrogen and oxygen atoms in total. The van der Waals surface area contributed by atoms with Crippen molar-refractivity contribution in [3.05, 3.63) is 46.3 Å². The highest BCUT2D eigenvalue weighted by atomic mass is 16.5. The molecule has 4 aliphatic carbocycles. The van der Waals surface area contributed by atoms with Crippen molar-refractivity contribution in [2.24, 2.45) is 23.2 Å². The summed E-state index contributed by atoms with van der Waals surface area (Å²) in [4.78, 5) is 13.4. The molecular formula is C27H36N2O3. The Kier molecular flexibility index (Phi) is 5.55. The van der Waals surface area contributed by atoms with Gasteiger partial charge >= 0.3 is 0 Å². The second kappa shape index (κ2) is 8.24. The molecule has 32 heavy (non-hydrogen) atoms. The van der Waals surface area contributed by atoms with E-state index in [0.717, 1.165) is 35.5 Å². The summed E-state index contributed by atoms with van der Waals surface area (Å²) < 4.78 is 11.4. The molecule has 0 radical (unpaired) electrons. The van der Waals surface area contributed by atoms with Gasteiger partial charge in [-0.1, -0.05) is 18.1 Å². The molecule has 5 heteroatoms. The van der Waals surface area contributed by atoms with Crippen LogP contribution >= 0.6 is 0 Å². The summed E-state index contributed by atoms with van der Waals surface area (Å²) in [6.07, 6.45) is 9.02. The zero-order chi connectivity index (χ0) is 22.5. The van der Waals surface area contributed by atoms with E-state index in [1.54, 1.807) is 0 Å². The first-order valence-corrected chi connectivity index (χ1v) is 12.3. The Morgan fingerprint density at radius 3 is 2.38 bits per heavy atom. The van der Waals surface area contributed by atoms with Gasteiger partial charge in [0.05, 0.1) is 5.56 Å². The summed E-state index contributed by atoms with van der Waals surface area (Å²) in [5.74, 6) is 3.90. The van der Waals surface area contributed by atoms with Gasteiger partial charge in [-0.05, 0) is 112 Å². The molecule has 1 amide bonds. The molecule has 1 heterocycles. The monoisotopic (exact) mass is 436 g/mol. The summed E-state index contributed by atoms with van der Waals surface area (Å²) in [6.45, 7) is 8.48. The molecule has 2 aromatic rings. The smallest absolute Gasteiger partial charge is 0.274 e. The number of nitrogens with one attached hydrogen (secondary N) is 1. The van der Waals surface area contributed by atoms with Gasteiger partial charge < -0.3 is 14.6 Å². The fraction of sp³-hybridized carbons (Fsp3) is 0.630. The number of hydrogen-bond donors (Lipinski definition) is 1. The summed E-state index contributed by atoms with van der Waals surface area (Å²) >= 11 is 0. The molecule has 4 aliphatic rings. The minimum Gasteiger partial charge on any atom is -0.489 e. The Morgan fingerprint density at radius 2 is 1.78 bits per heavy atom. The molecule has 172 valence electrons. The quantitative estimate of drug-likeness (QED) is 0.586. The lowest BCUT2D eigenvalue weighted by Crippen LogP contribution is -2.56. The SMILES string of the molecule is CCC(NC(=O)c1noc(C)c1COc1ccc(C)c(C)c1)C12CC3CC(CC(C3)C1)C2. The third-order valence-electron chi connectivity index (χ3n) is 8.60. The van der Waals surface area contributed by atoms with Crippen LogP contribution in [0.4, 0.5) is 0 Å². The Bertz CT molecular complexity index is 973. The molecule has 1 atom stereocenters. The van der Waals surface area contributed by atoms with Gasteiger partial charge in [-0.15, -0.1) is 0 Å². The average molecular weight is 437 g/mol. The van der Waals surface area contributed by atoms with E-state index in [-0.39, 0.29) is 24.0 Å².